The zero-order valence-electron chi connectivity index (χ0n) is 11.5. The van der Waals surface area contributed by atoms with Gasteiger partial charge in [-0.15, -0.1) is 0 Å². The molecule has 0 spiro atoms. The molecule has 5 nitrogen and oxygen atoms in total. The first-order chi connectivity index (χ1) is 8.97. The number of hydrogen-bond acceptors (Lipinski definition) is 5. The molecule has 1 aliphatic heterocycles. The second-order valence-corrected chi connectivity index (χ2v) is 4.79. The van der Waals surface area contributed by atoms with Crippen LogP contribution in [0.1, 0.15) is 24.5 Å². The fraction of sp³-hybridized carbons (Fsp3) is 0.500. The van der Waals surface area contributed by atoms with Gasteiger partial charge in [0, 0.05) is 17.5 Å². The molecular weight excluding hydrogens is 246 g/mol. The van der Waals surface area contributed by atoms with Gasteiger partial charge in [-0.1, -0.05) is 0 Å². The molecule has 2 rings (SSSR count). The van der Waals surface area contributed by atoms with Crippen molar-refractivity contribution < 1.29 is 19.3 Å². The van der Waals surface area contributed by atoms with Crippen LogP contribution >= 0.6 is 0 Å². The Hall–Kier alpha value is -2.09. The maximum absolute atomic E-state index is 10.1. The van der Waals surface area contributed by atoms with E-state index in [0.717, 1.165) is 5.56 Å². The van der Waals surface area contributed by atoms with Gasteiger partial charge in [0.25, 0.3) is 0 Å². The van der Waals surface area contributed by atoms with Crippen molar-refractivity contribution in [3.05, 3.63) is 11.1 Å². The quantitative estimate of drug-likeness (QED) is 0.886. The molecule has 1 unspecified atom stereocenters. The number of methoxy groups -OCH3 is 2. The number of aromatic hydroxyl groups is 1. The molecule has 0 amide bonds. The minimum atomic E-state index is -0.880. The smallest absolute Gasteiger partial charge is 0.207 e. The number of benzene rings is 1. The molecule has 0 saturated heterocycles. The number of nitrogens with zero attached hydrogens (tertiary/aromatic N) is 1. The van der Waals surface area contributed by atoms with Gasteiger partial charge in [0.05, 0.1) is 14.2 Å². The average Bonchev–Trinajstić information content (AvgIpc) is 2.42. The van der Waals surface area contributed by atoms with E-state index in [1.54, 1.807) is 13.8 Å². The molecule has 1 aromatic carbocycles. The van der Waals surface area contributed by atoms with E-state index < -0.39 is 5.60 Å². The van der Waals surface area contributed by atoms with E-state index in [4.69, 9.17) is 14.2 Å². The van der Waals surface area contributed by atoms with Crippen LogP contribution in [0.2, 0.25) is 0 Å². The topological polar surface area (TPSA) is 71.7 Å². The zero-order chi connectivity index (χ0) is 14.2. The summed E-state index contributed by atoms with van der Waals surface area (Å²) >= 11 is 0. The predicted molar refractivity (Wildman–Crippen MR) is 68.9 cm³/mol. The maximum atomic E-state index is 10.1. The van der Waals surface area contributed by atoms with E-state index in [1.807, 2.05) is 0 Å². The minimum absolute atomic E-state index is 0.0576. The zero-order valence-corrected chi connectivity index (χ0v) is 11.5. The highest BCUT2D eigenvalue weighted by atomic mass is 16.5. The largest absolute Gasteiger partial charge is 0.504 e. The lowest BCUT2D eigenvalue weighted by Gasteiger charge is -2.32. The van der Waals surface area contributed by atoms with Crippen LogP contribution in [0.3, 0.4) is 0 Å². The Labute approximate surface area is 112 Å². The van der Waals surface area contributed by atoms with Crippen molar-refractivity contribution in [1.82, 2.24) is 0 Å². The van der Waals surface area contributed by atoms with E-state index in [0.29, 0.717) is 29.9 Å². The van der Waals surface area contributed by atoms with Crippen molar-refractivity contribution in [1.29, 1.82) is 5.26 Å². The van der Waals surface area contributed by atoms with Crippen LogP contribution in [0.4, 0.5) is 0 Å². The van der Waals surface area contributed by atoms with E-state index >= 15 is 0 Å². The van der Waals surface area contributed by atoms with Gasteiger partial charge in [0.15, 0.2) is 17.1 Å². The van der Waals surface area contributed by atoms with Crippen LogP contribution in [-0.4, -0.2) is 24.9 Å². The van der Waals surface area contributed by atoms with Gasteiger partial charge in [-0.2, -0.15) is 5.26 Å². The van der Waals surface area contributed by atoms with Gasteiger partial charge in [0.1, 0.15) is 6.07 Å². The summed E-state index contributed by atoms with van der Waals surface area (Å²) in [5.41, 5.74) is 0.685. The van der Waals surface area contributed by atoms with E-state index in [2.05, 4.69) is 6.07 Å². The van der Waals surface area contributed by atoms with Crippen molar-refractivity contribution in [2.24, 2.45) is 0 Å². The van der Waals surface area contributed by atoms with Crippen molar-refractivity contribution in [3.63, 3.8) is 0 Å². The van der Waals surface area contributed by atoms with Gasteiger partial charge in [0.2, 0.25) is 11.5 Å². The Morgan fingerprint density at radius 1 is 1.32 bits per heavy atom. The molecule has 0 bridgehead atoms. The monoisotopic (exact) mass is 263 g/mol. The van der Waals surface area contributed by atoms with Crippen LogP contribution in [0.15, 0.2) is 0 Å². The lowest BCUT2D eigenvalue weighted by atomic mass is 9.90. The number of hydrogen-bond donors (Lipinski definition) is 1. The maximum Gasteiger partial charge on any atom is 0.207 e. The number of fused-ring (bicyclic) bond motifs is 1. The molecular formula is C14H17NO4. The minimum Gasteiger partial charge on any atom is -0.504 e. The molecule has 1 aliphatic rings. The summed E-state index contributed by atoms with van der Waals surface area (Å²) in [6, 6.07) is 2.16. The Balaban J connectivity index is 2.69. The normalized spacial score (nSPS) is 21.0. The second-order valence-electron chi connectivity index (χ2n) is 4.79. The molecule has 0 saturated carbocycles. The Morgan fingerprint density at radius 3 is 2.47 bits per heavy atom. The first-order valence-electron chi connectivity index (χ1n) is 6.04. The highest BCUT2D eigenvalue weighted by molar-refractivity contribution is 5.67. The molecule has 1 heterocycles. The van der Waals surface area contributed by atoms with Crippen LogP contribution in [-0.2, 0) is 6.42 Å². The number of phenolic OH excluding ortho intramolecular Hbond substituents is 1. The first kappa shape index (κ1) is 13.3. The van der Waals surface area contributed by atoms with Crippen molar-refractivity contribution in [3.8, 4) is 29.1 Å². The number of phenols is 1. The molecule has 0 radical (unpaired) electrons. The molecule has 5 heteroatoms. The van der Waals surface area contributed by atoms with Gasteiger partial charge in [-0.3, -0.25) is 0 Å². The third-order valence-electron chi connectivity index (χ3n) is 3.53. The highest BCUT2D eigenvalue weighted by Crippen LogP contribution is 2.52. The van der Waals surface area contributed by atoms with E-state index in [1.165, 1.54) is 14.2 Å². The molecule has 0 aliphatic carbocycles. The molecule has 1 N–H and O–H groups in total. The van der Waals surface area contributed by atoms with Gasteiger partial charge < -0.3 is 19.3 Å². The molecule has 1 aromatic rings. The van der Waals surface area contributed by atoms with Crippen molar-refractivity contribution >= 4 is 0 Å². The number of rotatable bonds is 2. The van der Waals surface area contributed by atoms with Gasteiger partial charge in [-0.25, -0.2) is 0 Å². The molecule has 1 atom stereocenters. The third-order valence-corrected chi connectivity index (χ3v) is 3.53. The first-order valence-corrected chi connectivity index (χ1v) is 6.04. The number of ether oxygens (including phenoxy) is 3. The fourth-order valence-corrected chi connectivity index (χ4v) is 2.33. The fourth-order valence-electron chi connectivity index (χ4n) is 2.33. The van der Waals surface area contributed by atoms with Gasteiger partial charge in [-0.05, 0) is 20.3 Å². The van der Waals surface area contributed by atoms with Crippen LogP contribution < -0.4 is 14.2 Å². The Bertz CT molecular complexity index is 562. The second kappa shape index (κ2) is 4.54. The summed E-state index contributed by atoms with van der Waals surface area (Å²) in [6.45, 7) is 3.54. The standard InChI is InChI=1S/C14H17NO4/c1-8-9-5-6-14(2,7-15)19-11(9)13(18-4)12(17-3)10(8)16/h16H,5-6H2,1-4H3. The summed E-state index contributed by atoms with van der Waals surface area (Å²) < 4.78 is 16.3. The summed E-state index contributed by atoms with van der Waals surface area (Å²) in [5.74, 6) is 1.12. The lowest BCUT2D eigenvalue weighted by Crippen LogP contribution is -2.35. The van der Waals surface area contributed by atoms with E-state index in [-0.39, 0.29) is 11.5 Å². The van der Waals surface area contributed by atoms with Crippen LogP contribution in [0.25, 0.3) is 0 Å². The SMILES string of the molecule is COc1c(O)c(C)c2c(c1OC)OC(C)(C#N)CC2. The number of nitriles is 1. The van der Waals surface area contributed by atoms with E-state index in [9.17, 15) is 10.4 Å². The van der Waals surface area contributed by atoms with Crippen molar-refractivity contribution in [2.75, 3.05) is 14.2 Å². The summed E-state index contributed by atoms with van der Waals surface area (Å²) in [7, 11) is 2.93. The lowest BCUT2D eigenvalue weighted by molar-refractivity contribution is 0.115. The summed E-state index contributed by atoms with van der Waals surface area (Å²) in [5, 5.41) is 19.3. The summed E-state index contributed by atoms with van der Waals surface area (Å²) in [4.78, 5) is 0. The van der Waals surface area contributed by atoms with Crippen LogP contribution in [0.5, 0.6) is 23.0 Å². The predicted octanol–water partition coefficient (Wildman–Crippen LogP) is 2.33. The average molecular weight is 263 g/mol. The Morgan fingerprint density at radius 2 is 1.95 bits per heavy atom. The summed E-state index contributed by atoms with van der Waals surface area (Å²) in [6.07, 6.45) is 1.23. The molecule has 0 fully saturated rings. The molecule has 0 aromatic heterocycles. The van der Waals surface area contributed by atoms with Crippen molar-refractivity contribution in [2.45, 2.75) is 32.3 Å². The molecule has 19 heavy (non-hydrogen) atoms. The third kappa shape index (κ3) is 1.93. The molecule has 102 valence electrons. The Kier molecular flexibility index (Phi) is 3.19. The van der Waals surface area contributed by atoms with Gasteiger partial charge >= 0.3 is 0 Å². The highest BCUT2D eigenvalue weighted by Gasteiger charge is 2.36. The van der Waals surface area contributed by atoms with Crippen LogP contribution in [0, 0.1) is 18.3 Å².